The smallest absolute Gasteiger partial charge is 0.245 e. The van der Waals surface area contributed by atoms with Gasteiger partial charge in [-0.05, 0) is 29.0 Å². The van der Waals surface area contributed by atoms with Gasteiger partial charge in [-0.1, -0.05) is 52.0 Å². The van der Waals surface area contributed by atoms with Gasteiger partial charge in [0.25, 0.3) is 0 Å². The molecule has 3 nitrogen and oxygen atoms in total. The van der Waals surface area contributed by atoms with Crippen LogP contribution in [-0.2, 0) is 10.2 Å². The van der Waals surface area contributed by atoms with Gasteiger partial charge in [-0.3, -0.25) is 4.79 Å². The molecule has 0 aliphatic rings. The molecular weight excluding hydrogens is 248 g/mol. The highest BCUT2D eigenvalue weighted by Crippen LogP contribution is 2.22. The second-order valence-corrected chi connectivity index (χ2v) is 5.80. The number of nitrogens with one attached hydrogen (secondary N) is 1. The third kappa shape index (κ3) is 4.89. The van der Waals surface area contributed by atoms with E-state index in [1.807, 2.05) is 25.1 Å². The molecule has 1 amide bonds. The number of hydrogen-bond acceptors (Lipinski definition) is 2. The fourth-order valence-corrected chi connectivity index (χ4v) is 1.71. The molecule has 1 rings (SSSR count). The highest BCUT2D eigenvalue weighted by Gasteiger charge is 2.12. The number of amides is 1. The van der Waals surface area contributed by atoms with Crippen LogP contribution in [0.15, 0.2) is 30.3 Å². The maximum atomic E-state index is 11.6. The SMILES string of the molecule is CC[C@@H](C#N)NC(=O)/C=C/c1ccc(C(C)(C)C)cc1. The molecule has 0 aromatic heterocycles. The van der Waals surface area contributed by atoms with Crippen LogP contribution in [0.5, 0.6) is 0 Å². The predicted octanol–water partition coefficient (Wildman–Crippen LogP) is 3.42. The molecule has 3 heteroatoms. The lowest BCUT2D eigenvalue weighted by Crippen LogP contribution is -2.31. The molecule has 0 bridgehead atoms. The average molecular weight is 270 g/mol. The maximum Gasteiger partial charge on any atom is 0.245 e. The first kappa shape index (κ1) is 16.0. The molecule has 0 unspecified atom stereocenters. The Hall–Kier alpha value is -2.08. The molecule has 0 saturated heterocycles. The summed E-state index contributed by atoms with van der Waals surface area (Å²) >= 11 is 0. The molecule has 1 atom stereocenters. The third-order valence-electron chi connectivity index (χ3n) is 3.08. The van der Waals surface area contributed by atoms with Crippen LogP contribution in [-0.4, -0.2) is 11.9 Å². The summed E-state index contributed by atoms with van der Waals surface area (Å²) in [5.41, 5.74) is 2.36. The van der Waals surface area contributed by atoms with E-state index in [4.69, 9.17) is 5.26 Å². The monoisotopic (exact) mass is 270 g/mol. The van der Waals surface area contributed by atoms with E-state index in [9.17, 15) is 4.79 Å². The zero-order valence-corrected chi connectivity index (χ0v) is 12.6. The van der Waals surface area contributed by atoms with E-state index in [2.05, 4.69) is 38.2 Å². The Morgan fingerprint density at radius 3 is 2.40 bits per heavy atom. The highest BCUT2D eigenvalue weighted by atomic mass is 16.1. The van der Waals surface area contributed by atoms with Crippen molar-refractivity contribution in [2.75, 3.05) is 0 Å². The van der Waals surface area contributed by atoms with Gasteiger partial charge in [-0.2, -0.15) is 5.26 Å². The largest absolute Gasteiger partial charge is 0.337 e. The van der Waals surface area contributed by atoms with Crippen LogP contribution in [0.25, 0.3) is 6.08 Å². The fourth-order valence-electron chi connectivity index (χ4n) is 1.71. The van der Waals surface area contributed by atoms with Crippen molar-refractivity contribution in [1.82, 2.24) is 5.32 Å². The van der Waals surface area contributed by atoms with E-state index in [0.29, 0.717) is 6.42 Å². The van der Waals surface area contributed by atoms with Crippen molar-refractivity contribution < 1.29 is 4.79 Å². The number of rotatable bonds is 4. The third-order valence-corrected chi connectivity index (χ3v) is 3.08. The van der Waals surface area contributed by atoms with Gasteiger partial charge in [-0.25, -0.2) is 0 Å². The summed E-state index contributed by atoms with van der Waals surface area (Å²) in [7, 11) is 0. The first-order chi connectivity index (χ1) is 9.36. The Balaban J connectivity index is 2.67. The van der Waals surface area contributed by atoms with Gasteiger partial charge < -0.3 is 5.32 Å². The van der Waals surface area contributed by atoms with Crippen molar-refractivity contribution >= 4 is 12.0 Å². The highest BCUT2D eigenvalue weighted by molar-refractivity contribution is 5.92. The maximum absolute atomic E-state index is 11.6. The summed E-state index contributed by atoms with van der Waals surface area (Å²) in [6.07, 6.45) is 3.83. The number of nitrogens with zero attached hydrogens (tertiary/aromatic N) is 1. The number of benzene rings is 1. The standard InChI is InChI=1S/C17H22N2O/c1-5-15(12-18)19-16(20)11-8-13-6-9-14(10-7-13)17(2,3)4/h6-11,15H,5H2,1-4H3,(H,19,20)/b11-8+/t15-/m0/s1. The minimum atomic E-state index is -0.421. The minimum Gasteiger partial charge on any atom is -0.337 e. The number of carbonyl (C=O) groups is 1. The minimum absolute atomic E-state index is 0.126. The van der Waals surface area contributed by atoms with Crippen molar-refractivity contribution in [3.8, 4) is 6.07 Å². The second kappa shape index (κ2) is 6.91. The molecule has 106 valence electrons. The number of carbonyl (C=O) groups excluding carboxylic acids is 1. The van der Waals surface area contributed by atoms with E-state index in [1.165, 1.54) is 11.6 Å². The topological polar surface area (TPSA) is 52.9 Å². The van der Waals surface area contributed by atoms with Gasteiger partial charge in [0, 0.05) is 6.08 Å². The Labute approximate surface area is 121 Å². The lowest BCUT2D eigenvalue weighted by atomic mass is 9.87. The van der Waals surface area contributed by atoms with Crippen molar-refractivity contribution in [2.24, 2.45) is 0 Å². The van der Waals surface area contributed by atoms with Gasteiger partial charge >= 0.3 is 0 Å². The second-order valence-electron chi connectivity index (χ2n) is 5.80. The van der Waals surface area contributed by atoms with E-state index in [1.54, 1.807) is 6.08 Å². The first-order valence-corrected chi connectivity index (χ1v) is 6.85. The van der Waals surface area contributed by atoms with E-state index in [0.717, 1.165) is 5.56 Å². The van der Waals surface area contributed by atoms with Crippen LogP contribution < -0.4 is 5.32 Å². The van der Waals surface area contributed by atoms with Gasteiger partial charge in [0.15, 0.2) is 0 Å². The van der Waals surface area contributed by atoms with Crippen molar-refractivity contribution in [3.63, 3.8) is 0 Å². The van der Waals surface area contributed by atoms with Crippen LogP contribution in [0.4, 0.5) is 0 Å². The molecule has 1 aromatic carbocycles. The van der Waals surface area contributed by atoms with Crippen molar-refractivity contribution in [3.05, 3.63) is 41.5 Å². The number of hydrogen-bond donors (Lipinski definition) is 1. The Morgan fingerprint density at radius 1 is 1.35 bits per heavy atom. The molecule has 0 fully saturated rings. The van der Waals surface area contributed by atoms with Gasteiger partial charge in [0.1, 0.15) is 6.04 Å². The van der Waals surface area contributed by atoms with Crippen LogP contribution >= 0.6 is 0 Å². The lowest BCUT2D eigenvalue weighted by Gasteiger charge is -2.18. The molecular formula is C17H22N2O. The van der Waals surface area contributed by atoms with E-state index >= 15 is 0 Å². The zero-order chi connectivity index (χ0) is 15.2. The van der Waals surface area contributed by atoms with Crippen LogP contribution in [0.3, 0.4) is 0 Å². The Bertz CT molecular complexity index is 515. The van der Waals surface area contributed by atoms with Crippen LogP contribution in [0.2, 0.25) is 0 Å². The Morgan fingerprint density at radius 2 is 1.95 bits per heavy atom. The van der Waals surface area contributed by atoms with Gasteiger partial charge in [0.2, 0.25) is 5.91 Å². The number of nitriles is 1. The van der Waals surface area contributed by atoms with Crippen molar-refractivity contribution in [2.45, 2.75) is 45.6 Å². The summed E-state index contributed by atoms with van der Waals surface area (Å²) in [6.45, 7) is 8.36. The molecule has 0 spiro atoms. The van der Waals surface area contributed by atoms with Gasteiger partial charge in [0.05, 0.1) is 6.07 Å². The predicted molar refractivity (Wildman–Crippen MR) is 82.0 cm³/mol. The summed E-state index contributed by atoms with van der Waals surface area (Å²) in [5, 5.41) is 11.4. The zero-order valence-electron chi connectivity index (χ0n) is 12.6. The van der Waals surface area contributed by atoms with E-state index in [-0.39, 0.29) is 11.3 Å². The normalized spacial score (nSPS) is 12.9. The van der Waals surface area contributed by atoms with Crippen LogP contribution in [0, 0.1) is 11.3 Å². The lowest BCUT2D eigenvalue weighted by molar-refractivity contribution is -0.116. The first-order valence-electron chi connectivity index (χ1n) is 6.85. The summed E-state index contributed by atoms with van der Waals surface area (Å²) < 4.78 is 0. The molecule has 0 heterocycles. The van der Waals surface area contributed by atoms with Crippen molar-refractivity contribution in [1.29, 1.82) is 5.26 Å². The van der Waals surface area contributed by atoms with Gasteiger partial charge in [-0.15, -0.1) is 0 Å². The van der Waals surface area contributed by atoms with E-state index < -0.39 is 6.04 Å². The summed E-state index contributed by atoms with van der Waals surface area (Å²) in [6, 6.07) is 9.74. The molecule has 1 aromatic rings. The molecule has 0 saturated carbocycles. The molecule has 0 aliphatic heterocycles. The molecule has 0 aliphatic carbocycles. The fraction of sp³-hybridized carbons (Fsp3) is 0.412. The summed E-state index contributed by atoms with van der Waals surface area (Å²) in [4.78, 5) is 11.6. The average Bonchev–Trinajstić information content (AvgIpc) is 2.42. The summed E-state index contributed by atoms with van der Waals surface area (Å²) in [5.74, 6) is -0.238. The Kier molecular flexibility index (Phi) is 5.52. The molecule has 0 radical (unpaired) electrons. The molecule has 20 heavy (non-hydrogen) atoms. The van der Waals surface area contributed by atoms with Crippen LogP contribution in [0.1, 0.15) is 45.2 Å². The quantitative estimate of drug-likeness (QED) is 0.852. The molecule has 1 N–H and O–H groups in total.